The zero-order valence-corrected chi connectivity index (χ0v) is 31.9. The van der Waals surface area contributed by atoms with Crippen LogP contribution in [0.15, 0.2) is 82.8 Å². The largest absolute Gasteiger partial charge is 0.411 e. The van der Waals surface area contributed by atoms with Gasteiger partial charge in [0, 0.05) is 31.9 Å². The van der Waals surface area contributed by atoms with Gasteiger partial charge in [0.2, 0.25) is 15.9 Å². The van der Waals surface area contributed by atoms with Crippen molar-refractivity contribution >= 4 is 28.2 Å². The zero-order chi connectivity index (χ0) is 38.0. The number of carbonyl (C=O) groups excluding carboxylic acids is 2. The summed E-state index contributed by atoms with van der Waals surface area (Å²) in [6, 6.07) is 19.2. The molecule has 0 aliphatic carbocycles. The van der Waals surface area contributed by atoms with Crippen LogP contribution in [0.25, 0.3) is 0 Å². The second kappa shape index (κ2) is 18.4. The van der Waals surface area contributed by atoms with E-state index in [1.54, 1.807) is 9.80 Å². The van der Waals surface area contributed by atoms with E-state index in [1.807, 2.05) is 76.2 Å². The summed E-state index contributed by atoms with van der Waals surface area (Å²) in [6.45, 7) is 12.8. The summed E-state index contributed by atoms with van der Waals surface area (Å²) in [6.07, 6.45) is 0.783. The number of urea groups is 1. The number of aliphatic hydroxyl groups is 1. The van der Waals surface area contributed by atoms with Crippen molar-refractivity contribution in [3.05, 3.63) is 95.3 Å². The summed E-state index contributed by atoms with van der Waals surface area (Å²) < 4.78 is 29.1. The third-order valence-electron chi connectivity index (χ3n) is 9.46. The molecule has 3 amide bonds. The van der Waals surface area contributed by atoms with Gasteiger partial charge in [0.05, 0.1) is 35.5 Å². The van der Waals surface area contributed by atoms with E-state index in [1.165, 1.54) is 34.8 Å². The highest BCUT2D eigenvalue weighted by Gasteiger charge is 2.41. The lowest BCUT2D eigenvalue weighted by molar-refractivity contribution is -0.128. The number of hydrogen-bond donors (Lipinski definition) is 3. The van der Waals surface area contributed by atoms with Gasteiger partial charge in [0.15, 0.2) is 0 Å². The first-order valence-corrected chi connectivity index (χ1v) is 19.5. The number of nitrogens with zero attached hydrogens (tertiary/aromatic N) is 5. The SMILES string of the molecule is CC[C@H](C)[C@@H](C(=O)N[C@@H](Cc1ccccc1)[C@H](O)CN(CC(C)C)S(=O)(=O)c1ccc(/C=N/O)cc1)N1CCN(Cc2cccc(C(C)C)n2)C1=O. The average Bonchev–Trinajstić information content (AvgIpc) is 3.46. The van der Waals surface area contributed by atoms with Gasteiger partial charge in [-0.1, -0.05) is 102 Å². The van der Waals surface area contributed by atoms with Gasteiger partial charge < -0.3 is 25.4 Å². The number of benzene rings is 2. The second-order valence-electron chi connectivity index (χ2n) is 14.3. The molecule has 0 bridgehead atoms. The molecule has 0 radical (unpaired) electrons. The maximum absolute atomic E-state index is 14.3. The van der Waals surface area contributed by atoms with Crippen LogP contribution < -0.4 is 5.32 Å². The van der Waals surface area contributed by atoms with E-state index in [0.29, 0.717) is 31.6 Å². The summed E-state index contributed by atoms with van der Waals surface area (Å²) in [5, 5.41) is 26.7. The van der Waals surface area contributed by atoms with Crippen molar-refractivity contribution in [2.75, 3.05) is 26.2 Å². The fourth-order valence-electron chi connectivity index (χ4n) is 6.41. The summed E-state index contributed by atoms with van der Waals surface area (Å²) in [4.78, 5) is 36.3. The second-order valence-corrected chi connectivity index (χ2v) is 16.3. The molecule has 1 saturated heterocycles. The minimum atomic E-state index is -4.06. The number of hydrogen-bond acceptors (Lipinski definition) is 8. The smallest absolute Gasteiger partial charge is 0.321 e. The Hall–Kier alpha value is -4.33. The maximum Gasteiger partial charge on any atom is 0.321 e. The molecule has 52 heavy (non-hydrogen) atoms. The first-order valence-electron chi connectivity index (χ1n) is 18.1. The molecule has 0 spiro atoms. The Morgan fingerprint density at radius 2 is 1.67 bits per heavy atom. The highest BCUT2D eigenvalue weighted by atomic mass is 32.2. The summed E-state index contributed by atoms with van der Waals surface area (Å²) in [7, 11) is -4.06. The van der Waals surface area contributed by atoms with E-state index < -0.39 is 34.1 Å². The molecule has 0 saturated carbocycles. The van der Waals surface area contributed by atoms with Crippen molar-refractivity contribution in [3.8, 4) is 0 Å². The summed E-state index contributed by atoms with van der Waals surface area (Å²) in [5.74, 6) is -0.409. The lowest BCUT2D eigenvalue weighted by atomic mass is 9.95. The van der Waals surface area contributed by atoms with E-state index in [2.05, 4.69) is 24.3 Å². The molecular formula is C39H54N6O6S. The predicted octanol–water partition coefficient (Wildman–Crippen LogP) is 5.10. The van der Waals surface area contributed by atoms with Crippen molar-refractivity contribution in [3.63, 3.8) is 0 Å². The minimum absolute atomic E-state index is 0.0270. The quantitative estimate of drug-likeness (QED) is 0.0933. The van der Waals surface area contributed by atoms with Crippen molar-refractivity contribution in [1.82, 2.24) is 24.4 Å². The van der Waals surface area contributed by atoms with Crippen LogP contribution in [0.2, 0.25) is 0 Å². The average molecular weight is 735 g/mol. The van der Waals surface area contributed by atoms with Crippen molar-refractivity contribution < 1.29 is 28.3 Å². The van der Waals surface area contributed by atoms with Gasteiger partial charge in [0.1, 0.15) is 6.04 Å². The molecule has 1 aliphatic heterocycles. The number of sulfonamides is 1. The monoisotopic (exact) mass is 734 g/mol. The lowest BCUT2D eigenvalue weighted by Gasteiger charge is -2.35. The third kappa shape index (κ3) is 10.4. The number of carbonyl (C=O) groups is 2. The molecule has 3 N–H and O–H groups in total. The fourth-order valence-corrected chi connectivity index (χ4v) is 8.04. The molecule has 12 nitrogen and oxygen atoms in total. The van der Waals surface area contributed by atoms with Crippen LogP contribution in [0.1, 0.15) is 76.4 Å². The molecular weight excluding hydrogens is 681 g/mol. The Labute approximate surface area is 308 Å². The predicted molar refractivity (Wildman–Crippen MR) is 202 cm³/mol. The Morgan fingerprint density at radius 1 is 0.981 bits per heavy atom. The first kappa shape index (κ1) is 40.4. The van der Waals surface area contributed by atoms with Crippen molar-refractivity contribution in [2.45, 2.75) is 89.9 Å². The van der Waals surface area contributed by atoms with Gasteiger partial charge in [-0.3, -0.25) is 9.78 Å². The molecule has 2 heterocycles. The number of rotatable bonds is 18. The van der Waals surface area contributed by atoms with Gasteiger partial charge in [-0.05, 0) is 59.6 Å². The lowest BCUT2D eigenvalue weighted by Crippen LogP contribution is -2.57. The molecule has 13 heteroatoms. The molecule has 1 aliphatic rings. The maximum atomic E-state index is 14.3. The van der Waals surface area contributed by atoms with E-state index in [0.717, 1.165) is 17.0 Å². The molecule has 0 unspecified atom stereocenters. The van der Waals surface area contributed by atoms with Crippen LogP contribution >= 0.6 is 0 Å². The Kier molecular flexibility index (Phi) is 14.3. The highest BCUT2D eigenvalue weighted by Crippen LogP contribution is 2.24. The molecule has 1 aromatic heterocycles. The topological polar surface area (TPSA) is 156 Å². The van der Waals surface area contributed by atoms with Crippen LogP contribution in [-0.2, 0) is 27.8 Å². The highest BCUT2D eigenvalue weighted by molar-refractivity contribution is 7.89. The van der Waals surface area contributed by atoms with E-state index in [4.69, 9.17) is 10.2 Å². The number of pyridine rings is 1. The number of nitrogens with one attached hydrogen (secondary N) is 1. The zero-order valence-electron chi connectivity index (χ0n) is 31.1. The Morgan fingerprint density at radius 3 is 2.29 bits per heavy atom. The van der Waals surface area contributed by atoms with E-state index >= 15 is 0 Å². The minimum Gasteiger partial charge on any atom is -0.411 e. The van der Waals surface area contributed by atoms with Crippen LogP contribution in [0, 0.1) is 11.8 Å². The van der Waals surface area contributed by atoms with Crippen LogP contribution in [0.3, 0.4) is 0 Å². The number of amides is 3. The standard InChI is InChI=1S/C39H54N6O6S/c1-7-29(6)37(45-21-20-43(39(45)48)25-32-14-11-15-34(41-32)28(4)5)38(47)42-35(22-30-12-9-8-10-13-30)36(46)26-44(24-27(2)3)52(50,51)33-18-16-31(17-19-33)23-40-49/h8-19,23,27-29,35-37,46,49H,7,20-22,24-26H2,1-6H3,(H,42,47)/b40-23+/t29-,35-,36+,37-/m0/s1. The molecule has 2 aromatic carbocycles. The Balaban J connectivity index is 1.59. The van der Waals surface area contributed by atoms with Crippen LogP contribution in [0.4, 0.5) is 4.79 Å². The normalized spacial score (nSPS) is 16.2. The van der Waals surface area contributed by atoms with Crippen LogP contribution in [-0.4, -0.2) is 100 Å². The number of aromatic nitrogens is 1. The first-order chi connectivity index (χ1) is 24.7. The van der Waals surface area contributed by atoms with Crippen molar-refractivity contribution in [2.24, 2.45) is 17.0 Å². The fraction of sp³-hybridized carbons (Fsp3) is 0.487. The van der Waals surface area contributed by atoms with Gasteiger partial charge in [-0.2, -0.15) is 4.31 Å². The van der Waals surface area contributed by atoms with Gasteiger partial charge in [0.25, 0.3) is 0 Å². The third-order valence-corrected chi connectivity index (χ3v) is 11.3. The van der Waals surface area contributed by atoms with E-state index in [9.17, 15) is 23.1 Å². The molecule has 282 valence electrons. The summed E-state index contributed by atoms with van der Waals surface area (Å²) >= 11 is 0. The van der Waals surface area contributed by atoms with Crippen molar-refractivity contribution in [1.29, 1.82) is 0 Å². The molecule has 1 fully saturated rings. The van der Waals surface area contributed by atoms with E-state index in [-0.39, 0.29) is 48.2 Å². The Bertz CT molecular complexity index is 1750. The number of oxime groups is 1. The van der Waals surface area contributed by atoms with Crippen LogP contribution in [0.5, 0.6) is 0 Å². The van der Waals surface area contributed by atoms with Gasteiger partial charge >= 0.3 is 6.03 Å². The van der Waals surface area contributed by atoms with Gasteiger partial charge in [-0.25, -0.2) is 13.2 Å². The molecule has 3 aromatic rings. The summed E-state index contributed by atoms with van der Waals surface area (Å²) in [5.41, 5.74) is 3.11. The molecule has 4 rings (SSSR count). The van der Waals surface area contributed by atoms with Gasteiger partial charge in [-0.15, -0.1) is 0 Å². The molecule has 4 atom stereocenters. The number of aliphatic hydroxyl groups excluding tert-OH is 1.